The van der Waals surface area contributed by atoms with Crippen LogP contribution in [0.4, 0.5) is 0 Å². The highest BCUT2D eigenvalue weighted by Gasteiger charge is 2.04. The van der Waals surface area contributed by atoms with Gasteiger partial charge in [0.15, 0.2) is 0 Å². The molecule has 0 radical (unpaired) electrons. The second-order valence-corrected chi connectivity index (χ2v) is 5.77. The van der Waals surface area contributed by atoms with Crippen LogP contribution in [0.5, 0.6) is 0 Å². The van der Waals surface area contributed by atoms with Crippen LogP contribution in [-0.2, 0) is 4.57 Å². The summed E-state index contributed by atoms with van der Waals surface area (Å²) in [5.74, 6) is 0. The highest BCUT2D eigenvalue weighted by Crippen LogP contribution is 2.04. The molecule has 100 valence electrons. The molecule has 0 unspecified atom stereocenters. The Morgan fingerprint density at radius 1 is 1.00 bits per heavy atom. The monoisotopic (exact) mass is 255 g/mol. The predicted octanol–water partition coefficient (Wildman–Crippen LogP) is 0.0634. The van der Waals surface area contributed by atoms with Gasteiger partial charge in [0.05, 0.1) is 27.7 Å². The molecular formula is C10H26NO4P. The Balaban J connectivity index is -0.000000122. The quantitative estimate of drug-likeness (QED) is 0.381. The third-order valence-corrected chi connectivity index (χ3v) is 1.93. The van der Waals surface area contributed by atoms with Crippen molar-refractivity contribution >= 4 is 7.82 Å². The molecule has 6 heteroatoms. The molecule has 0 atom stereocenters. The SMILES string of the molecule is CCCCCCC[N+](C)(C)C.O=P([O-])([O-])[O-].[H+].[H+]. The van der Waals surface area contributed by atoms with Crippen LogP contribution in [-0.4, -0.2) is 32.2 Å². The van der Waals surface area contributed by atoms with Gasteiger partial charge in [-0.25, -0.2) is 0 Å². The van der Waals surface area contributed by atoms with Crippen LogP contribution in [0.3, 0.4) is 0 Å². The van der Waals surface area contributed by atoms with Crippen LogP contribution in [0.1, 0.15) is 41.9 Å². The second-order valence-electron chi connectivity index (χ2n) is 4.88. The van der Waals surface area contributed by atoms with E-state index in [2.05, 4.69) is 28.1 Å². The Labute approximate surface area is 102 Å². The van der Waals surface area contributed by atoms with Gasteiger partial charge in [-0.05, 0) is 12.8 Å². The van der Waals surface area contributed by atoms with E-state index >= 15 is 0 Å². The second kappa shape index (κ2) is 9.14. The minimum absolute atomic E-state index is 0. The Kier molecular flexibility index (Phi) is 10.5. The Morgan fingerprint density at radius 2 is 1.38 bits per heavy atom. The molecule has 5 nitrogen and oxygen atoms in total. The van der Waals surface area contributed by atoms with Crippen molar-refractivity contribution in [1.82, 2.24) is 0 Å². The zero-order valence-electron chi connectivity index (χ0n) is 12.8. The number of nitrogens with zero attached hydrogens (tertiary/aromatic N) is 1. The summed E-state index contributed by atoms with van der Waals surface area (Å²) in [6.45, 7) is 3.59. The molecule has 0 fully saturated rings. The van der Waals surface area contributed by atoms with Crippen molar-refractivity contribution in [3.63, 3.8) is 0 Å². The lowest BCUT2D eigenvalue weighted by Crippen LogP contribution is -2.35. The van der Waals surface area contributed by atoms with Crippen molar-refractivity contribution in [3.05, 3.63) is 0 Å². The van der Waals surface area contributed by atoms with Gasteiger partial charge in [-0.3, -0.25) is 0 Å². The van der Waals surface area contributed by atoms with Gasteiger partial charge < -0.3 is 23.7 Å². The first-order chi connectivity index (χ1) is 7.06. The number of unbranched alkanes of at least 4 members (excludes halogenated alkanes) is 4. The van der Waals surface area contributed by atoms with E-state index < -0.39 is 7.82 Å². The largest absolute Gasteiger partial charge is 1.00 e. The lowest BCUT2D eigenvalue weighted by molar-refractivity contribution is -0.870. The van der Waals surface area contributed by atoms with E-state index in [4.69, 9.17) is 19.2 Å². The smallest absolute Gasteiger partial charge is 0.822 e. The van der Waals surface area contributed by atoms with Crippen LogP contribution in [0.25, 0.3) is 0 Å². The molecule has 0 aromatic heterocycles. The number of phosphoric acid groups is 1. The van der Waals surface area contributed by atoms with Crippen LogP contribution < -0.4 is 14.7 Å². The van der Waals surface area contributed by atoms with Gasteiger partial charge in [0.2, 0.25) is 0 Å². The van der Waals surface area contributed by atoms with Crippen molar-refractivity contribution < 1.29 is 26.6 Å². The van der Waals surface area contributed by atoms with Gasteiger partial charge in [0.25, 0.3) is 0 Å². The van der Waals surface area contributed by atoms with E-state index in [1.54, 1.807) is 0 Å². The summed E-state index contributed by atoms with van der Waals surface area (Å²) < 4.78 is 9.67. The van der Waals surface area contributed by atoms with Gasteiger partial charge in [0.1, 0.15) is 0 Å². The molecule has 0 bridgehead atoms. The Morgan fingerprint density at radius 3 is 1.69 bits per heavy atom. The summed E-state index contributed by atoms with van der Waals surface area (Å²) in [7, 11) is 1.40. The van der Waals surface area contributed by atoms with E-state index in [1.165, 1.54) is 38.6 Å². The number of hydrogen-bond acceptors (Lipinski definition) is 4. The first kappa shape index (κ1) is 18.4. The fourth-order valence-corrected chi connectivity index (χ4v) is 1.19. The summed E-state index contributed by atoms with van der Waals surface area (Å²) >= 11 is 0. The average Bonchev–Trinajstić information content (AvgIpc) is 1.98. The summed E-state index contributed by atoms with van der Waals surface area (Å²) in [6, 6.07) is 0. The third kappa shape index (κ3) is 36.9. The normalized spacial score (nSPS) is 11.9. The molecule has 0 rings (SSSR count). The molecule has 0 aliphatic heterocycles. The Bertz CT molecular complexity index is 198. The minimum atomic E-state index is -5.39. The number of quaternary nitrogens is 1. The molecule has 0 amide bonds. The van der Waals surface area contributed by atoms with Crippen LogP contribution in [0, 0.1) is 0 Å². The summed E-state index contributed by atoms with van der Waals surface area (Å²) in [6.07, 6.45) is 7.00. The lowest BCUT2D eigenvalue weighted by atomic mass is 10.1. The lowest BCUT2D eigenvalue weighted by Gasteiger charge is -2.36. The molecule has 0 saturated carbocycles. The topological polar surface area (TPSA) is 86.2 Å². The highest BCUT2D eigenvalue weighted by molar-refractivity contribution is 7.40. The maximum atomic E-state index is 8.55. The predicted molar refractivity (Wildman–Crippen MR) is 61.5 cm³/mol. The summed E-state index contributed by atoms with van der Waals surface area (Å²) in [5.41, 5.74) is 0. The molecular weight excluding hydrogens is 229 g/mol. The van der Waals surface area contributed by atoms with Gasteiger partial charge in [0, 0.05) is 0 Å². The molecule has 0 aromatic rings. The van der Waals surface area contributed by atoms with Crippen LogP contribution >= 0.6 is 7.82 Å². The third-order valence-electron chi connectivity index (χ3n) is 1.93. The summed E-state index contributed by atoms with van der Waals surface area (Å²) in [4.78, 5) is 25.6. The van der Waals surface area contributed by atoms with E-state index in [-0.39, 0.29) is 2.85 Å². The van der Waals surface area contributed by atoms with Crippen molar-refractivity contribution in [1.29, 1.82) is 0 Å². The molecule has 16 heavy (non-hydrogen) atoms. The molecule has 0 saturated heterocycles. The number of hydrogen-bond donors (Lipinski definition) is 0. The van der Waals surface area contributed by atoms with Crippen molar-refractivity contribution in [2.75, 3.05) is 27.7 Å². The van der Waals surface area contributed by atoms with Crippen LogP contribution in [0.15, 0.2) is 0 Å². The fraction of sp³-hybridized carbons (Fsp3) is 1.00. The molecule has 0 aliphatic carbocycles. The Hall–Kier alpha value is 0.0700. The zero-order valence-corrected chi connectivity index (χ0v) is 11.7. The van der Waals surface area contributed by atoms with Crippen molar-refractivity contribution in [2.24, 2.45) is 0 Å². The first-order valence-electron chi connectivity index (χ1n) is 5.60. The fourth-order valence-electron chi connectivity index (χ4n) is 1.19. The molecule has 0 aliphatic rings. The standard InChI is InChI=1S/C10H24N.H3O4P/c1-5-6-7-8-9-10-11(2,3)4;1-5(2,3)4/h5-10H2,1-4H3;(H3,1,2,3,4)/q+1;/p-1. The van der Waals surface area contributed by atoms with E-state index in [1.807, 2.05) is 0 Å². The van der Waals surface area contributed by atoms with E-state index in [0.29, 0.717) is 0 Å². The van der Waals surface area contributed by atoms with Gasteiger partial charge in [-0.1, -0.05) is 26.2 Å². The molecule has 0 spiro atoms. The maximum absolute atomic E-state index is 8.55. The minimum Gasteiger partial charge on any atom is -0.822 e. The van der Waals surface area contributed by atoms with E-state index in [9.17, 15) is 0 Å². The van der Waals surface area contributed by atoms with E-state index in [0.717, 1.165) is 4.48 Å². The first-order valence-corrected chi connectivity index (χ1v) is 7.06. The maximum Gasteiger partial charge on any atom is 1.00 e. The summed E-state index contributed by atoms with van der Waals surface area (Å²) in [5, 5.41) is 0. The van der Waals surface area contributed by atoms with Gasteiger partial charge in [-0.15, -0.1) is 0 Å². The van der Waals surface area contributed by atoms with Crippen molar-refractivity contribution in [2.45, 2.75) is 39.0 Å². The number of rotatable bonds is 6. The van der Waals surface area contributed by atoms with Crippen LogP contribution in [0.2, 0.25) is 0 Å². The van der Waals surface area contributed by atoms with Crippen molar-refractivity contribution in [3.8, 4) is 0 Å². The highest BCUT2D eigenvalue weighted by atomic mass is 31.2. The molecule has 0 heterocycles. The molecule has 0 N–H and O–H groups in total. The average molecular weight is 255 g/mol. The van der Waals surface area contributed by atoms with Gasteiger partial charge in [-0.2, -0.15) is 7.82 Å². The van der Waals surface area contributed by atoms with Gasteiger partial charge >= 0.3 is 2.85 Å². The zero-order chi connectivity index (χ0) is 13.2. The molecule has 0 aromatic carbocycles.